The normalized spacial score (nSPS) is 16.8. The predicted octanol–water partition coefficient (Wildman–Crippen LogP) is -0.239. The van der Waals surface area contributed by atoms with Crippen molar-refractivity contribution in [2.24, 2.45) is 5.73 Å². The maximum Gasteiger partial charge on any atom is 0.332 e. The highest BCUT2D eigenvalue weighted by Crippen LogP contribution is 2.20. The van der Waals surface area contributed by atoms with Crippen LogP contribution in [0, 0.1) is 0 Å². The van der Waals surface area contributed by atoms with E-state index in [-0.39, 0.29) is 31.5 Å². The van der Waals surface area contributed by atoms with Crippen LogP contribution in [-0.4, -0.2) is 87.2 Å². The standard InChI is InChI=1S/C29H37FN6O7S/c1-18(32-2)26(38)34-22(14-15-33-27(39)20-10-12-21(13-11-20)44(30,42)43)29(41)36-16-6-9-24(36)28(40)35-23(25(31)37)17-19-7-4-3-5-8-19/h3-5,7-8,10-13,18,22-24,32H,6,9,14-17H2,1-2H3,(H2,31,37)(H,33,39)(H,34,38)(H,35,40)/t18-,22-,23-,24-/m0/s1. The molecule has 1 fully saturated rings. The van der Waals surface area contributed by atoms with Crippen molar-refractivity contribution in [1.29, 1.82) is 0 Å². The molecule has 238 valence electrons. The van der Waals surface area contributed by atoms with Gasteiger partial charge in [-0.25, -0.2) is 0 Å². The van der Waals surface area contributed by atoms with Crippen LogP contribution in [0.4, 0.5) is 3.89 Å². The Morgan fingerprint density at radius 2 is 1.66 bits per heavy atom. The number of benzene rings is 2. The number of nitrogens with one attached hydrogen (secondary N) is 4. The molecule has 3 rings (SSSR count). The second kappa shape index (κ2) is 15.4. The molecule has 0 saturated carbocycles. The molecule has 2 aromatic carbocycles. The van der Waals surface area contributed by atoms with Gasteiger partial charge in [0.25, 0.3) is 5.91 Å². The molecule has 2 aromatic rings. The number of primary amides is 1. The lowest BCUT2D eigenvalue weighted by molar-refractivity contribution is -0.142. The lowest BCUT2D eigenvalue weighted by atomic mass is 10.0. The van der Waals surface area contributed by atoms with Crippen molar-refractivity contribution in [2.75, 3.05) is 20.1 Å². The van der Waals surface area contributed by atoms with E-state index in [0.717, 1.165) is 29.8 Å². The highest BCUT2D eigenvalue weighted by molar-refractivity contribution is 7.86. The molecule has 6 N–H and O–H groups in total. The number of likely N-dealkylation sites (N-methyl/N-ethyl adjacent to an activating group) is 1. The van der Waals surface area contributed by atoms with Crippen LogP contribution in [0.3, 0.4) is 0 Å². The largest absolute Gasteiger partial charge is 0.368 e. The fourth-order valence-electron chi connectivity index (χ4n) is 4.73. The molecule has 5 amide bonds. The molecule has 15 heteroatoms. The second-order valence-electron chi connectivity index (χ2n) is 10.4. The second-order valence-corrected chi connectivity index (χ2v) is 11.8. The molecule has 0 spiro atoms. The zero-order valence-corrected chi connectivity index (χ0v) is 25.2. The van der Waals surface area contributed by atoms with Crippen molar-refractivity contribution in [3.63, 3.8) is 0 Å². The van der Waals surface area contributed by atoms with E-state index in [4.69, 9.17) is 5.73 Å². The van der Waals surface area contributed by atoms with Crippen LogP contribution in [0.15, 0.2) is 59.5 Å². The van der Waals surface area contributed by atoms with Gasteiger partial charge in [0.2, 0.25) is 23.6 Å². The summed E-state index contributed by atoms with van der Waals surface area (Å²) in [5.41, 5.74) is 6.41. The molecule has 1 saturated heterocycles. The molecule has 0 bridgehead atoms. The summed E-state index contributed by atoms with van der Waals surface area (Å²) in [6.07, 6.45) is 0.990. The van der Waals surface area contributed by atoms with Crippen molar-refractivity contribution in [2.45, 2.75) is 61.7 Å². The molecule has 0 radical (unpaired) electrons. The number of rotatable bonds is 14. The third kappa shape index (κ3) is 9.31. The summed E-state index contributed by atoms with van der Waals surface area (Å²) in [7, 11) is -3.34. The number of halogens is 1. The zero-order valence-electron chi connectivity index (χ0n) is 24.4. The Balaban J connectivity index is 1.70. The third-order valence-electron chi connectivity index (χ3n) is 7.34. The molecule has 0 aromatic heterocycles. The van der Waals surface area contributed by atoms with E-state index in [9.17, 15) is 36.3 Å². The zero-order chi connectivity index (χ0) is 32.4. The number of nitrogens with two attached hydrogens (primary N) is 1. The van der Waals surface area contributed by atoms with Crippen LogP contribution in [0.5, 0.6) is 0 Å². The smallest absolute Gasteiger partial charge is 0.332 e. The Hall–Kier alpha value is -4.37. The van der Waals surface area contributed by atoms with Crippen LogP contribution in [0.1, 0.15) is 42.1 Å². The van der Waals surface area contributed by atoms with Gasteiger partial charge in [0, 0.05) is 25.1 Å². The lowest BCUT2D eigenvalue weighted by Gasteiger charge is -2.30. The minimum atomic E-state index is -4.92. The molecule has 1 aliphatic heterocycles. The number of likely N-dealkylation sites (tertiary alicyclic amines) is 1. The van der Waals surface area contributed by atoms with Gasteiger partial charge in [0.1, 0.15) is 18.1 Å². The Bertz CT molecular complexity index is 1460. The first-order valence-corrected chi connectivity index (χ1v) is 15.4. The minimum Gasteiger partial charge on any atom is -0.368 e. The van der Waals surface area contributed by atoms with Gasteiger partial charge >= 0.3 is 10.2 Å². The number of hydrogen-bond acceptors (Lipinski definition) is 8. The quantitative estimate of drug-likeness (QED) is 0.176. The molecule has 1 heterocycles. The van der Waals surface area contributed by atoms with Gasteiger partial charge in [-0.15, -0.1) is 3.89 Å². The first-order chi connectivity index (χ1) is 20.8. The maximum atomic E-state index is 13.7. The summed E-state index contributed by atoms with van der Waals surface area (Å²) in [5.74, 6) is -2.89. The number of hydrogen-bond donors (Lipinski definition) is 5. The molecule has 13 nitrogen and oxygen atoms in total. The number of carbonyl (C=O) groups excluding carboxylic acids is 5. The van der Waals surface area contributed by atoms with Crippen molar-refractivity contribution in [1.82, 2.24) is 26.2 Å². The van der Waals surface area contributed by atoms with Gasteiger partial charge in [-0.2, -0.15) is 8.42 Å². The van der Waals surface area contributed by atoms with Gasteiger partial charge in [-0.1, -0.05) is 30.3 Å². The SMILES string of the molecule is CN[C@@H](C)C(=O)N[C@@H](CCNC(=O)c1ccc(S(=O)(=O)F)cc1)C(=O)N1CCC[C@H]1C(=O)N[C@@H](Cc1ccccc1)C(N)=O. The molecular formula is C29H37FN6O7S. The first-order valence-electron chi connectivity index (χ1n) is 14.1. The minimum absolute atomic E-state index is 0.0353. The fraction of sp³-hybridized carbons (Fsp3) is 0.414. The number of amides is 5. The monoisotopic (exact) mass is 632 g/mol. The van der Waals surface area contributed by atoms with Crippen molar-refractivity contribution in [3.05, 3.63) is 65.7 Å². The van der Waals surface area contributed by atoms with Gasteiger partial charge in [-0.3, -0.25) is 24.0 Å². The average molecular weight is 633 g/mol. The topological polar surface area (TPSA) is 197 Å². The van der Waals surface area contributed by atoms with Crippen molar-refractivity contribution in [3.8, 4) is 0 Å². The molecular weight excluding hydrogens is 595 g/mol. The number of carbonyl (C=O) groups is 5. The Labute approximate surface area is 255 Å². The fourth-order valence-corrected chi connectivity index (χ4v) is 5.19. The summed E-state index contributed by atoms with van der Waals surface area (Å²) < 4.78 is 35.2. The third-order valence-corrected chi connectivity index (χ3v) is 8.17. The summed E-state index contributed by atoms with van der Waals surface area (Å²) in [6, 6.07) is 9.57. The molecule has 0 unspecified atom stereocenters. The molecule has 1 aliphatic rings. The summed E-state index contributed by atoms with van der Waals surface area (Å²) >= 11 is 0. The van der Waals surface area contributed by atoms with E-state index in [1.807, 2.05) is 6.07 Å². The average Bonchev–Trinajstić information content (AvgIpc) is 3.49. The molecule has 44 heavy (non-hydrogen) atoms. The van der Waals surface area contributed by atoms with E-state index in [2.05, 4.69) is 21.3 Å². The summed E-state index contributed by atoms with van der Waals surface area (Å²) in [6.45, 7) is 1.77. The van der Waals surface area contributed by atoms with Gasteiger partial charge in [0.15, 0.2) is 0 Å². The molecule has 4 atom stereocenters. The highest BCUT2D eigenvalue weighted by atomic mass is 32.3. The van der Waals surface area contributed by atoms with Crippen molar-refractivity contribution < 1.29 is 36.3 Å². The van der Waals surface area contributed by atoms with Crippen LogP contribution < -0.4 is 27.0 Å². The van der Waals surface area contributed by atoms with E-state index in [1.54, 1.807) is 38.2 Å². The van der Waals surface area contributed by atoms with Gasteiger partial charge in [-0.05, 0) is 63.1 Å². The van der Waals surface area contributed by atoms with Crippen LogP contribution in [0.25, 0.3) is 0 Å². The maximum absolute atomic E-state index is 13.7. The van der Waals surface area contributed by atoms with E-state index >= 15 is 0 Å². The van der Waals surface area contributed by atoms with Gasteiger partial charge in [0.05, 0.1) is 10.9 Å². The van der Waals surface area contributed by atoms with Gasteiger partial charge < -0.3 is 31.9 Å². The number of nitrogens with zero attached hydrogens (tertiary/aromatic N) is 1. The van der Waals surface area contributed by atoms with Crippen molar-refractivity contribution >= 4 is 39.8 Å². The van der Waals surface area contributed by atoms with E-state index < -0.39 is 68.8 Å². The van der Waals surface area contributed by atoms with Crippen LogP contribution in [0.2, 0.25) is 0 Å². The highest BCUT2D eigenvalue weighted by Gasteiger charge is 2.39. The summed E-state index contributed by atoms with van der Waals surface area (Å²) in [4.78, 5) is 65.2. The van der Waals surface area contributed by atoms with Crippen LogP contribution >= 0.6 is 0 Å². The van der Waals surface area contributed by atoms with Crippen LogP contribution in [-0.2, 0) is 35.8 Å². The Morgan fingerprint density at radius 1 is 1.00 bits per heavy atom. The Morgan fingerprint density at radius 3 is 2.25 bits per heavy atom. The Kier molecular flexibility index (Phi) is 11.9. The van der Waals surface area contributed by atoms with E-state index in [1.165, 1.54) is 4.90 Å². The molecule has 0 aliphatic carbocycles. The first kappa shape index (κ1) is 34.1. The predicted molar refractivity (Wildman–Crippen MR) is 158 cm³/mol. The van der Waals surface area contributed by atoms with E-state index in [0.29, 0.717) is 12.8 Å². The lowest BCUT2D eigenvalue weighted by Crippen LogP contribution is -2.57. The summed E-state index contributed by atoms with van der Waals surface area (Å²) in [5, 5.41) is 10.7.